The molecule has 2 amide bonds. The van der Waals surface area contributed by atoms with Gasteiger partial charge in [0.2, 0.25) is 5.89 Å². The number of oxazole rings is 1. The Morgan fingerprint density at radius 3 is 2.74 bits per heavy atom. The molecule has 2 rings (SSSR count). The van der Waals surface area contributed by atoms with Crippen molar-refractivity contribution in [2.45, 2.75) is 19.4 Å². The van der Waals surface area contributed by atoms with Crippen LogP contribution in [0.5, 0.6) is 0 Å². The number of hydrogen-bond donors (Lipinski definition) is 1. The predicted octanol–water partition coefficient (Wildman–Crippen LogP) is 2.18. The van der Waals surface area contributed by atoms with Crippen molar-refractivity contribution in [2.75, 3.05) is 40.5 Å². The highest BCUT2D eigenvalue weighted by Gasteiger charge is 2.20. The SMILES string of the molecule is COCCCNC(=O)c1coc(CN(CCCOC)C(=O)c2cccs2)n1. The highest BCUT2D eigenvalue weighted by atomic mass is 32.1. The maximum absolute atomic E-state index is 12.7. The number of carbonyl (C=O) groups excluding carboxylic acids is 2. The largest absolute Gasteiger partial charge is 0.446 e. The number of amides is 2. The minimum absolute atomic E-state index is 0.0927. The number of aromatic nitrogens is 1. The Morgan fingerprint density at radius 2 is 2.04 bits per heavy atom. The molecule has 27 heavy (non-hydrogen) atoms. The Balaban J connectivity index is 1.97. The molecule has 2 aromatic rings. The van der Waals surface area contributed by atoms with Crippen LogP contribution in [0.1, 0.15) is 38.9 Å². The number of carbonyl (C=O) groups is 2. The maximum atomic E-state index is 12.7. The van der Waals surface area contributed by atoms with Crippen LogP contribution in [0, 0.1) is 0 Å². The van der Waals surface area contributed by atoms with E-state index in [9.17, 15) is 9.59 Å². The lowest BCUT2D eigenvalue weighted by molar-refractivity contribution is 0.0712. The van der Waals surface area contributed by atoms with Gasteiger partial charge in [-0.2, -0.15) is 0 Å². The monoisotopic (exact) mass is 395 g/mol. The van der Waals surface area contributed by atoms with Gasteiger partial charge in [-0.1, -0.05) is 6.07 Å². The first-order valence-electron chi connectivity index (χ1n) is 8.69. The quantitative estimate of drug-likeness (QED) is 0.554. The third kappa shape index (κ3) is 6.78. The fraction of sp³-hybridized carbons (Fsp3) is 0.500. The molecule has 1 N–H and O–H groups in total. The molecule has 0 radical (unpaired) electrons. The van der Waals surface area contributed by atoms with Gasteiger partial charge in [0.15, 0.2) is 5.69 Å². The van der Waals surface area contributed by atoms with Gasteiger partial charge in [-0.25, -0.2) is 4.98 Å². The van der Waals surface area contributed by atoms with Crippen LogP contribution in [0.15, 0.2) is 28.2 Å². The zero-order valence-corrected chi connectivity index (χ0v) is 16.4. The van der Waals surface area contributed by atoms with Crippen LogP contribution in [0.3, 0.4) is 0 Å². The molecular weight excluding hydrogens is 370 g/mol. The topological polar surface area (TPSA) is 93.9 Å². The second-order valence-electron chi connectivity index (χ2n) is 5.78. The van der Waals surface area contributed by atoms with E-state index in [2.05, 4.69) is 10.3 Å². The third-order valence-corrected chi connectivity index (χ3v) is 4.57. The van der Waals surface area contributed by atoms with Crippen LogP contribution in [0.2, 0.25) is 0 Å². The lowest BCUT2D eigenvalue weighted by atomic mass is 10.3. The summed E-state index contributed by atoms with van der Waals surface area (Å²) in [4.78, 5) is 31.3. The van der Waals surface area contributed by atoms with Gasteiger partial charge in [0.1, 0.15) is 6.26 Å². The van der Waals surface area contributed by atoms with Crippen LogP contribution < -0.4 is 5.32 Å². The Kier molecular flexibility index (Phi) is 8.96. The molecule has 0 atom stereocenters. The smallest absolute Gasteiger partial charge is 0.273 e. The molecule has 9 heteroatoms. The molecule has 0 fully saturated rings. The number of nitrogens with zero attached hydrogens (tertiary/aromatic N) is 2. The summed E-state index contributed by atoms with van der Waals surface area (Å²) in [6.07, 6.45) is 2.72. The van der Waals surface area contributed by atoms with Crippen LogP contribution in [0.25, 0.3) is 0 Å². The van der Waals surface area contributed by atoms with Gasteiger partial charge in [0, 0.05) is 40.5 Å². The Hall–Kier alpha value is -2.23. The molecule has 8 nitrogen and oxygen atoms in total. The number of hydrogen-bond acceptors (Lipinski definition) is 7. The van der Waals surface area contributed by atoms with Crippen molar-refractivity contribution in [3.05, 3.63) is 40.2 Å². The van der Waals surface area contributed by atoms with Crippen LogP contribution in [0.4, 0.5) is 0 Å². The normalized spacial score (nSPS) is 10.7. The highest BCUT2D eigenvalue weighted by Crippen LogP contribution is 2.15. The first kappa shape index (κ1) is 21.1. The minimum Gasteiger partial charge on any atom is -0.446 e. The second kappa shape index (κ2) is 11.5. The van der Waals surface area contributed by atoms with Gasteiger partial charge in [-0.05, 0) is 24.3 Å². The van der Waals surface area contributed by atoms with E-state index in [-0.39, 0.29) is 24.1 Å². The van der Waals surface area contributed by atoms with E-state index in [1.54, 1.807) is 25.2 Å². The number of ether oxygens (including phenoxy) is 2. The summed E-state index contributed by atoms with van der Waals surface area (Å²) in [6, 6.07) is 3.62. The van der Waals surface area contributed by atoms with Crippen molar-refractivity contribution >= 4 is 23.2 Å². The standard InChI is InChI=1S/C18H25N3O5S/c1-24-9-4-7-19-17(22)14-13-26-16(20-14)12-21(8-5-10-25-2)18(23)15-6-3-11-27-15/h3,6,11,13H,4-5,7-10,12H2,1-2H3,(H,19,22). The van der Waals surface area contributed by atoms with Gasteiger partial charge in [-0.3, -0.25) is 9.59 Å². The van der Waals surface area contributed by atoms with E-state index >= 15 is 0 Å². The van der Waals surface area contributed by atoms with E-state index in [0.717, 1.165) is 6.42 Å². The molecule has 148 valence electrons. The Morgan fingerprint density at radius 1 is 1.26 bits per heavy atom. The minimum atomic E-state index is -0.309. The molecule has 0 aliphatic rings. The number of thiophene rings is 1. The fourth-order valence-corrected chi connectivity index (χ4v) is 3.06. The first-order valence-corrected chi connectivity index (χ1v) is 9.57. The summed E-state index contributed by atoms with van der Waals surface area (Å²) >= 11 is 1.38. The van der Waals surface area contributed by atoms with Crippen LogP contribution >= 0.6 is 11.3 Å². The molecule has 2 heterocycles. The number of methoxy groups -OCH3 is 2. The lowest BCUT2D eigenvalue weighted by Crippen LogP contribution is -2.32. The van der Waals surface area contributed by atoms with Crippen LogP contribution in [-0.4, -0.2) is 62.2 Å². The van der Waals surface area contributed by atoms with E-state index in [1.165, 1.54) is 17.6 Å². The molecule has 0 bridgehead atoms. The zero-order valence-electron chi connectivity index (χ0n) is 15.6. The highest BCUT2D eigenvalue weighted by molar-refractivity contribution is 7.12. The van der Waals surface area contributed by atoms with Crippen molar-refractivity contribution in [3.8, 4) is 0 Å². The van der Waals surface area contributed by atoms with Gasteiger partial charge in [0.05, 0.1) is 11.4 Å². The van der Waals surface area contributed by atoms with E-state index in [4.69, 9.17) is 13.9 Å². The molecule has 0 unspecified atom stereocenters. The third-order valence-electron chi connectivity index (χ3n) is 3.72. The Labute approximate surface area is 162 Å². The summed E-state index contributed by atoms with van der Waals surface area (Å²) in [5.74, 6) is -0.0825. The molecule has 0 saturated heterocycles. The number of nitrogens with one attached hydrogen (secondary N) is 1. The van der Waals surface area contributed by atoms with Crippen molar-refractivity contribution in [1.29, 1.82) is 0 Å². The zero-order chi connectivity index (χ0) is 19.5. The summed E-state index contributed by atoms with van der Waals surface area (Å²) in [7, 11) is 3.23. The Bertz CT molecular complexity index is 702. The van der Waals surface area contributed by atoms with Crippen molar-refractivity contribution in [2.24, 2.45) is 0 Å². The van der Waals surface area contributed by atoms with Gasteiger partial charge in [0.25, 0.3) is 11.8 Å². The average Bonchev–Trinajstić information content (AvgIpc) is 3.36. The second-order valence-corrected chi connectivity index (χ2v) is 6.73. The summed E-state index contributed by atoms with van der Waals surface area (Å²) < 4.78 is 15.4. The molecule has 0 saturated carbocycles. The summed E-state index contributed by atoms with van der Waals surface area (Å²) in [6.45, 7) is 2.32. The first-order chi connectivity index (χ1) is 13.2. The molecule has 2 aromatic heterocycles. The summed E-state index contributed by atoms with van der Waals surface area (Å²) in [5.41, 5.74) is 0.197. The van der Waals surface area contributed by atoms with Crippen molar-refractivity contribution in [3.63, 3.8) is 0 Å². The van der Waals surface area contributed by atoms with Crippen LogP contribution in [-0.2, 0) is 16.0 Å². The fourth-order valence-electron chi connectivity index (χ4n) is 2.37. The van der Waals surface area contributed by atoms with E-state index in [1.807, 2.05) is 11.4 Å². The van der Waals surface area contributed by atoms with E-state index in [0.29, 0.717) is 43.5 Å². The van der Waals surface area contributed by atoms with Gasteiger partial charge >= 0.3 is 0 Å². The van der Waals surface area contributed by atoms with Gasteiger partial charge < -0.3 is 24.1 Å². The molecule has 0 aliphatic carbocycles. The molecule has 0 aromatic carbocycles. The lowest BCUT2D eigenvalue weighted by Gasteiger charge is -2.20. The predicted molar refractivity (Wildman–Crippen MR) is 101 cm³/mol. The molecular formula is C18H25N3O5S. The van der Waals surface area contributed by atoms with Crippen molar-refractivity contribution in [1.82, 2.24) is 15.2 Å². The van der Waals surface area contributed by atoms with Gasteiger partial charge in [-0.15, -0.1) is 11.3 Å². The average molecular weight is 395 g/mol. The number of rotatable bonds is 12. The maximum Gasteiger partial charge on any atom is 0.273 e. The van der Waals surface area contributed by atoms with E-state index < -0.39 is 0 Å². The molecule has 0 aliphatic heterocycles. The summed E-state index contributed by atoms with van der Waals surface area (Å²) in [5, 5.41) is 4.61. The molecule has 0 spiro atoms. The van der Waals surface area contributed by atoms with Crippen molar-refractivity contribution < 1.29 is 23.5 Å².